The summed E-state index contributed by atoms with van der Waals surface area (Å²) < 4.78 is 0. The molecule has 2 N–H and O–H groups in total. The van der Waals surface area contributed by atoms with Crippen LogP contribution in [0.5, 0.6) is 0 Å². The normalized spacial score (nSPS) is 9.33. The van der Waals surface area contributed by atoms with Gasteiger partial charge in [-0.2, -0.15) is 0 Å². The average Bonchev–Trinajstić information content (AvgIpc) is 2.09. The molecule has 0 amide bonds. The van der Waals surface area contributed by atoms with Crippen molar-refractivity contribution in [3.05, 3.63) is 24.6 Å². The van der Waals surface area contributed by atoms with Gasteiger partial charge in [-0.15, -0.1) is 12.3 Å². The number of hydrogen-bond donors (Lipinski definition) is 2. The fourth-order valence-electron chi connectivity index (χ4n) is 0.664. The third kappa shape index (κ3) is 6.76. The van der Waals surface area contributed by atoms with Gasteiger partial charge >= 0.3 is 0 Å². The van der Waals surface area contributed by atoms with Crippen molar-refractivity contribution < 1.29 is 0 Å². The number of nitrogens with one attached hydrogen (secondary N) is 2. The van der Waals surface area contributed by atoms with Gasteiger partial charge in [-0.1, -0.05) is 12.7 Å². The second kappa shape index (κ2) is 7.74. The molecule has 66 valence electrons. The summed E-state index contributed by atoms with van der Waals surface area (Å²) in [6.45, 7) is 6.48. The van der Waals surface area contributed by atoms with Gasteiger partial charge in [0, 0.05) is 12.1 Å². The summed E-state index contributed by atoms with van der Waals surface area (Å²) in [5.41, 5.74) is 0.977. The van der Waals surface area contributed by atoms with Gasteiger partial charge in [0.1, 0.15) is 0 Å². The van der Waals surface area contributed by atoms with Crippen molar-refractivity contribution in [2.75, 3.05) is 6.67 Å². The first-order chi connectivity index (χ1) is 5.81. The molecule has 0 aliphatic heterocycles. The standard InChI is InChI=1S/C10H16N2/c1-4-6-7-10(3)12-9-11-8-5-2/h1,5,8,11-12H,3,6-7,9H2,2H3/b8-5-. The Morgan fingerprint density at radius 3 is 3.00 bits per heavy atom. The zero-order valence-electron chi connectivity index (χ0n) is 7.56. The highest BCUT2D eigenvalue weighted by molar-refractivity contribution is 4.96. The minimum Gasteiger partial charge on any atom is -0.374 e. The van der Waals surface area contributed by atoms with Crippen LogP contribution in [-0.2, 0) is 0 Å². The molecule has 0 bridgehead atoms. The highest BCUT2D eigenvalue weighted by Crippen LogP contribution is 1.95. The largest absolute Gasteiger partial charge is 0.374 e. The summed E-state index contributed by atoms with van der Waals surface area (Å²) >= 11 is 0. The lowest BCUT2D eigenvalue weighted by Gasteiger charge is -2.07. The minimum atomic E-state index is 0.702. The van der Waals surface area contributed by atoms with Gasteiger partial charge in [-0.25, -0.2) is 0 Å². The lowest BCUT2D eigenvalue weighted by atomic mass is 10.3. The van der Waals surface area contributed by atoms with Gasteiger partial charge in [-0.3, -0.25) is 0 Å². The molecule has 0 spiro atoms. The molecule has 2 heteroatoms. The lowest BCUT2D eigenvalue weighted by molar-refractivity contribution is 0.706. The lowest BCUT2D eigenvalue weighted by Crippen LogP contribution is -2.24. The van der Waals surface area contributed by atoms with Crippen LogP contribution >= 0.6 is 0 Å². The van der Waals surface area contributed by atoms with E-state index in [1.54, 1.807) is 0 Å². The maximum Gasteiger partial charge on any atom is 0.0841 e. The molecule has 12 heavy (non-hydrogen) atoms. The monoisotopic (exact) mass is 164 g/mol. The van der Waals surface area contributed by atoms with Gasteiger partial charge in [0.05, 0.1) is 6.67 Å². The topological polar surface area (TPSA) is 24.1 Å². The van der Waals surface area contributed by atoms with Crippen LogP contribution in [0.3, 0.4) is 0 Å². The second-order valence-electron chi connectivity index (χ2n) is 2.37. The zero-order valence-corrected chi connectivity index (χ0v) is 7.56. The smallest absolute Gasteiger partial charge is 0.0841 e. The molecule has 0 aliphatic carbocycles. The second-order valence-corrected chi connectivity index (χ2v) is 2.37. The molecular formula is C10H16N2. The van der Waals surface area contributed by atoms with Crippen LogP contribution in [-0.4, -0.2) is 6.67 Å². The Kier molecular flexibility index (Phi) is 6.87. The molecule has 0 atom stereocenters. The summed E-state index contributed by atoms with van der Waals surface area (Å²) in [6.07, 6.45) is 10.5. The maximum atomic E-state index is 5.11. The van der Waals surface area contributed by atoms with Crippen LogP contribution in [0.1, 0.15) is 19.8 Å². The maximum absolute atomic E-state index is 5.11. The fourth-order valence-corrected chi connectivity index (χ4v) is 0.664. The first-order valence-corrected chi connectivity index (χ1v) is 4.01. The molecule has 0 aromatic rings. The SMILES string of the molecule is C#CCCC(=C)NCN/C=C\C. The quantitative estimate of drug-likeness (QED) is 0.354. The molecule has 0 heterocycles. The highest BCUT2D eigenvalue weighted by Gasteiger charge is 1.88. The summed E-state index contributed by atoms with van der Waals surface area (Å²) in [5, 5.41) is 6.14. The first-order valence-electron chi connectivity index (χ1n) is 4.01. The molecule has 0 aliphatic rings. The minimum absolute atomic E-state index is 0.702. The molecule has 0 unspecified atom stereocenters. The third-order valence-corrected chi connectivity index (χ3v) is 1.30. The molecular weight excluding hydrogens is 148 g/mol. The van der Waals surface area contributed by atoms with Crippen LogP contribution in [0.25, 0.3) is 0 Å². The van der Waals surface area contributed by atoms with Crippen molar-refractivity contribution in [3.8, 4) is 12.3 Å². The predicted molar refractivity (Wildman–Crippen MR) is 53.2 cm³/mol. The van der Waals surface area contributed by atoms with Gasteiger partial charge in [0.15, 0.2) is 0 Å². The van der Waals surface area contributed by atoms with Crippen LogP contribution in [0.15, 0.2) is 24.6 Å². The molecule has 0 saturated carbocycles. The third-order valence-electron chi connectivity index (χ3n) is 1.30. The van der Waals surface area contributed by atoms with E-state index >= 15 is 0 Å². The molecule has 2 nitrogen and oxygen atoms in total. The van der Waals surface area contributed by atoms with E-state index in [4.69, 9.17) is 6.42 Å². The number of hydrogen-bond acceptors (Lipinski definition) is 2. The average molecular weight is 164 g/mol. The Labute approximate surface area is 74.7 Å². The first kappa shape index (κ1) is 10.6. The molecule has 0 radical (unpaired) electrons. The molecule has 0 aromatic carbocycles. The van der Waals surface area contributed by atoms with Crippen molar-refractivity contribution >= 4 is 0 Å². The van der Waals surface area contributed by atoms with Gasteiger partial charge in [0.2, 0.25) is 0 Å². The summed E-state index contributed by atoms with van der Waals surface area (Å²) in [7, 11) is 0. The predicted octanol–water partition coefficient (Wildman–Crippen LogP) is 1.58. The molecule has 0 aromatic heterocycles. The van der Waals surface area contributed by atoms with E-state index in [0.29, 0.717) is 6.67 Å². The summed E-state index contributed by atoms with van der Waals surface area (Å²) in [5.74, 6) is 2.56. The number of rotatable bonds is 6. The molecule has 0 fully saturated rings. The summed E-state index contributed by atoms with van der Waals surface area (Å²) in [6, 6.07) is 0. The fraction of sp³-hybridized carbons (Fsp3) is 0.400. The van der Waals surface area contributed by atoms with Crippen LogP contribution in [0.4, 0.5) is 0 Å². The van der Waals surface area contributed by atoms with Crippen molar-refractivity contribution in [3.63, 3.8) is 0 Å². The van der Waals surface area contributed by atoms with Crippen LogP contribution in [0.2, 0.25) is 0 Å². The number of terminal acetylenes is 1. The van der Waals surface area contributed by atoms with E-state index in [9.17, 15) is 0 Å². The molecule has 0 saturated heterocycles. The van der Waals surface area contributed by atoms with Gasteiger partial charge in [-0.05, 0) is 19.5 Å². The Balaban J connectivity index is 3.27. The number of allylic oxidation sites excluding steroid dienone is 2. The van der Waals surface area contributed by atoms with E-state index in [2.05, 4.69) is 23.1 Å². The van der Waals surface area contributed by atoms with Crippen molar-refractivity contribution in [2.24, 2.45) is 0 Å². The van der Waals surface area contributed by atoms with E-state index in [1.165, 1.54) is 0 Å². The summed E-state index contributed by atoms with van der Waals surface area (Å²) in [4.78, 5) is 0. The van der Waals surface area contributed by atoms with Crippen molar-refractivity contribution in [2.45, 2.75) is 19.8 Å². The van der Waals surface area contributed by atoms with Crippen LogP contribution in [0, 0.1) is 12.3 Å². The van der Waals surface area contributed by atoms with E-state index in [0.717, 1.165) is 18.5 Å². The van der Waals surface area contributed by atoms with Gasteiger partial charge in [0.25, 0.3) is 0 Å². The Hall–Kier alpha value is -1.36. The van der Waals surface area contributed by atoms with E-state index in [1.807, 2.05) is 19.2 Å². The Bertz CT molecular complexity index is 187. The zero-order chi connectivity index (χ0) is 9.23. The van der Waals surface area contributed by atoms with E-state index < -0.39 is 0 Å². The van der Waals surface area contributed by atoms with Crippen LogP contribution < -0.4 is 10.6 Å². The van der Waals surface area contributed by atoms with Crippen molar-refractivity contribution in [1.29, 1.82) is 0 Å². The Morgan fingerprint density at radius 1 is 1.67 bits per heavy atom. The highest BCUT2D eigenvalue weighted by atomic mass is 15.0. The molecule has 0 rings (SSSR count). The van der Waals surface area contributed by atoms with Gasteiger partial charge < -0.3 is 10.6 Å². The Morgan fingerprint density at radius 2 is 2.42 bits per heavy atom. The van der Waals surface area contributed by atoms with E-state index in [-0.39, 0.29) is 0 Å². The van der Waals surface area contributed by atoms with Crippen molar-refractivity contribution in [1.82, 2.24) is 10.6 Å².